The molecule has 5 rings (SSSR count). The van der Waals surface area contributed by atoms with E-state index in [0.717, 1.165) is 23.0 Å². The molecule has 3 aromatic heterocycles. The summed E-state index contributed by atoms with van der Waals surface area (Å²) in [5.74, 6) is -0.653. The Morgan fingerprint density at radius 2 is 1.80 bits per heavy atom. The van der Waals surface area contributed by atoms with Crippen molar-refractivity contribution in [3.63, 3.8) is 0 Å². The molecular formula is C25H23ClF3N5O. The van der Waals surface area contributed by atoms with Gasteiger partial charge < -0.3 is 4.90 Å². The van der Waals surface area contributed by atoms with Crippen LogP contribution in [-0.4, -0.2) is 56.8 Å². The van der Waals surface area contributed by atoms with E-state index in [1.54, 1.807) is 6.20 Å². The quantitative estimate of drug-likeness (QED) is 0.397. The van der Waals surface area contributed by atoms with Gasteiger partial charge in [-0.2, -0.15) is 13.2 Å². The first-order valence-electron chi connectivity index (χ1n) is 11.1. The number of alkyl halides is 3. The van der Waals surface area contributed by atoms with Crippen LogP contribution in [0.1, 0.15) is 28.0 Å². The molecule has 0 N–H and O–H groups in total. The second kappa shape index (κ2) is 10.1. The van der Waals surface area contributed by atoms with Crippen LogP contribution in [0.3, 0.4) is 0 Å². The Bertz CT molecular complexity index is 1360. The van der Waals surface area contributed by atoms with Crippen LogP contribution in [0.15, 0.2) is 61.1 Å². The highest BCUT2D eigenvalue weighted by Crippen LogP contribution is 2.33. The van der Waals surface area contributed by atoms with Crippen molar-refractivity contribution in [2.75, 3.05) is 26.2 Å². The molecule has 0 bridgehead atoms. The van der Waals surface area contributed by atoms with Gasteiger partial charge in [0.15, 0.2) is 5.69 Å². The summed E-state index contributed by atoms with van der Waals surface area (Å²) >= 11 is 0. The number of aromatic nitrogens is 3. The van der Waals surface area contributed by atoms with Crippen LogP contribution < -0.4 is 0 Å². The fourth-order valence-electron chi connectivity index (χ4n) is 4.43. The lowest BCUT2D eigenvalue weighted by Gasteiger charge is -2.23. The Morgan fingerprint density at radius 3 is 2.63 bits per heavy atom. The second-order valence-corrected chi connectivity index (χ2v) is 8.36. The maximum atomic E-state index is 13.8. The number of carbonyl (C=O) groups is 1. The van der Waals surface area contributed by atoms with Gasteiger partial charge in [-0.15, -0.1) is 12.4 Å². The number of halogens is 4. The molecule has 1 aromatic carbocycles. The van der Waals surface area contributed by atoms with Gasteiger partial charge in [0, 0.05) is 62.1 Å². The van der Waals surface area contributed by atoms with Gasteiger partial charge in [0.25, 0.3) is 5.91 Å². The predicted octanol–water partition coefficient (Wildman–Crippen LogP) is 4.97. The van der Waals surface area contributed by atoms with Gasteiger partial charge in [-0.1, -0.05) is 24.3 Å². The van der Waals surface area contributed by atoms with Crippen molar-refractivity contribution >= 4 is 40.1 Å². The molecule has 6 nitrogen and oxygen atoms in total. The number of carbonyl (C=O) groups excluding carboxylic acids is 1. The number of hydrogen-bond acceptors (Lipinski definition) is 5. The first-order valence-corrected chi connectivity index (χ1v) is 11.1. The van der Waals surface area contributed by atoms with Gasteiger partial charge in [-0.3, -0.25) is 19.7 Å². The lowest BCUT2D eigenvalue weighted by molar-refractivity contribution is -0.141. The van der Waals surface area contributed by atoms with E-state index in [0.29, 0.717) is 38.0 Å². The fourth-order valence-corrected chi connectivity index (χ4v) is 4.43. The van der Waals surface area contributed by atoms with Crippen LogP contribution >= 0.6 is 12.4 Å². The predicted molar refractivity (Wildman–Crippen MR) is 129 cm³/mol. The van der Waals surface area contributed by atoms with Crippen molar-refractivity contribution < 1.29 is 18.0 Å². The Kier molecular flexibility index (Phi) is 7.18. The summed E-state index contributed by atoms with van der Waals surface area (Å²) in [6, 6.07) is 12.6. The average molecular weight is 502 g/mol. The van der Waals surface area contributed by atoms with Crippen LogP contribution in [0.5, 0.6) is 0 Å². The molecule has 1 aliphatic rings. The van der Waals surface area contributed by atoms with Crippen LogP contribution in [0.2, 0.25) is 0 Å². The highest BCUT2D eigenvalue weighted by molar-refractivity contribution is 5.98. The molecule has 10 heteroatoms. The van der Waals surface area contributed by atoms with Crippen molar-refractivity contribution in [1.29, 1.82) is 0 Å². The summed E-state index contributed by atoms with van der Waals surface area (Å²) < 4.78 is 41.3. The number of benzene rings is 1. The van der Waals surface area contributed by atoms with Gasteiger partial charge in [0.1, 0.15) is 0 Å². The monoisotopic (exact) mass is 501 g/mol. The molecule has 4 aromatic rings. The lowest BCUT2D eigenvalue weighted by Crippen LogP contribution is -2.36. The molecule has 1 saturated heterocycles. The summed E-state index contributed by atoms with van der Waals surface area (Å²) in [4.78, 5) is 29.2. The van der Waals surface area contributed by atoms with E-state index < -0.39 is 23.3 Å². The third kappa shape index (κ3) is 5.21. The topological polar surface area (TPSA) is 62.2 Å². The number of pyridine rings is 3. The first kappa shape index (κ1) is 24.8. The Balaban J connectivity index is 0.00000289. The molecule has 35 heavy (non-hydrogen) atoms. The Hall–Kier alpha value is -3.30. The molecule has 182 valence electrons. The zero-order valence-corrected chi connectivity index (χ0v) is 19.5. The fraction of sp³-hybridized carbons (Fsp3) is 0.280. The molecule has 0 aliphatic carbocycles. The van der Waals surface area contributed by atoms with E-state index >= 15 is 0 Å². The zero-order chi connectivity index (χ0) is 23.7. The van der Waals surface area contributed by atoms with Crippen molar-refractivity contribution in [3.05, 3.63) is 77.9 Å². The molecule has 0 spiro atoms. The van der Waals surface area contributed by atoms with E-state index in [4.69, 9.17) is 0 Å². The SMILES string of the molecule is Cl.O=C(c1cc2cnccc2nc1C(F)(F)F)N1CCCN(Cc2cccc3cccnc23)CC1. The summed E-state index contributed by atoms with van der Waals surface area (Å²) in [7, 11) is 0. The van der Waals surface area contributed by atoms with E-state index in [9.17, 15) is 18.0 Å². The van der Waals surface area contributed by atoms with Crippen molar-refractivity contribution in [1.82, 2.24) is 24.8 Å². The van der Waals surface area contributed by atoms with Gasteiger partial charge >= 0.3 is 6.18 Å². The minimum atomic E-state index is -4.73. The second-order valence-electron chi connectivity index (χ2n) is 8.36. The standard InChI is InChI=1S/C25H22F3N5O.ClH/c26-25(27,28)23-20(14-19-15-29-9-7-21(19)31-23)24(34)33-11-3-10-32(12-13-33)16-18-5-1-4-17-6-2-8-30-22(17)18;/h1-2,4-9,14-15H,3,10-13,16H2;1H. The van der Waals surface area contributed by atoms with E-state index in [1.165, 1.54) is 29.4 Å². The molecule has 4 heterocycles. The van der Waals surface area contributed by atoms with Crippen LogP contribution in [0.4, 0.5) is 13.2 Å². The number of nitrogens with zero attached hydrogens (tertiary/aromatic N) is 5. The van der Waals surface area contributed by atoms with Gasteiger partial charge in [0.2, 0.25) is 0 Å². The molecule has 0 radical (unpaired) electrons. The molecule has 1 aliphatic heterocycles. The summed E-state index contributed by atoms with van der Waals surface area (Å²) in [6.45, 7) is 2.66. The van der Waals surface area contributed by atoms with Crippen molar-refractivity contribution in [2.45, 2.75) is 19.1 Å². The van der Waals surface area contributed by atoms with Gasteiger partial charge in [0.05, 0.1) is 16.6 Å². The smallest absolute Gasteiger partial charge is 0.337 e. The Morgan fingerprint density at radius 1 is 0.971 bits per heavy atom. The Labute approximate surface area is 206 Å². The molecule has 0 atom stereocenters. The number of fused-ring (bicyclic) bond motifs is 2. The molecular weight excluding hydrogens is 479 g/mol. The zero-order valence-electron chi connectivity index (χ0n) is 18.7. The number of hydrogen-bond donors (Lipinski definition) is 0. The van der Waals surface area contributed by atoms with E-state index in [2.05, 4.69) is 19.9 Å². The number of para-hydroxylation sites is 1. The van der Waals surface area contributed by atoms with Gasteiger partial charge in [-0.25, -0.2) is 4.98 Å². The highest BCUT2D eigenvalue weighted by atomic mass is 35.5. The average Bonchev–Trinajstić information content (AvgIpc) is 3.08. The lowest BCUT2D eigenvalue weighted by atomic mass is 10.1. The minimum absolute atomic E-state index is 0. The van der Waals surface area contributed by atoms with Crippen molar-refractivity contribution in [3.8, 4) is 0 Å². The summed E-state index contributed by atoms with van der Waals surface area (Å²) in [5, 5.41) is 1.46. The third-order valence-electron chi connectivity index (χ3n) is 6.10. The molecule has 0 saturated carbocycles. The van der Waals surface area contributed by atoms with Crippen molar-refractivity contribution in [2.24, 2.45) is 0 Å². The minimum Gasteiger partial charge on any atom is -0.337 e. The number of rotatable bonds is 3. The molecule has 0 unspecified atom stereocenters. The van der Waals surface area contributed by atoms with Gasteiger partial charge in [-0.05, 0) is 30.2 Å². The highest BCUT2D eigenvalue weighted by Gasteiger charge is 2.39. The van der Waals surface area contributed by atoms with Crippen LogP contribution in [0, 0.1) is 0 Å². The number of amides is 1. The van der Waals surface area contributed by atoms with Crippen LogP contribution in [0.25, 0.3) is 21.8 Å². The molecule has 1 amide bonds. The van der Waals surface area contributed by atoms with Crippen LogP contribution in [-0.2, 0) is 12.7 Å². The van der Waals surface area contributed by atoms with E-state index in [-0.39, 0.29) is 17.9 Å². The maximum absolute atomic E-state index is 13.8. The maximum Gasteiger partial charge on any atom is 0.434 e. The molecule has 1 fully saturated rings. The van der Waals surface area contributed by atoms with E-state index in [1.807, 2.05) is 30.3 Å². The first-order chi connectivity index (χ1) is 16.4. The summed E-state index contributed by atoms with van der Waals surface area (Å²) in [6.07, 6.45) is 0.489. The summed E-state index contributed by atoms with van der Waals surface area (Å²) in [5.41, 5.74) is 0.597. The normalized spacial score (nSPS) is 15.1. The third-order valence-corrected chi connectivity index (χ3v) is 6.10. The largest absolute Gasteiger partial charge is 0.434 e.